The van der Waals surface area contributed by atoms with Crippen molar-refractivity contribution in [1.82, 2.24) is 5.32 Å². The molecule has 0 saturated carbocycles. The first-order chi connectivity index (χ1) is 15.6. The van der Waals surface area contributed by atoms with Gasteiger partial charge < -0.3 is 25.4 Å². The van der Waals surface area contributed by atoms with E-state index in [1.807, 2.05) is 13.0 Å². The smallest absolute Gasteiger partial charge is 0.406 e. The van der Waals surface area contributed by atoms with Crippen LogP contribution >= 0.6 is 0 Å². The van der Waals surface area contributed by atoms with Gasteiger partial charge in [-0.2, -0.15) is 0 Å². The third-order valence-corrected chi connectivity index (χ3v) is 4.70. The van der Waals surface area contributed by atoms with Crippen LogP contribution in [0.15, 0.2) is 43.0 Å². The molecule has 0 aliphatic heterocycles. The number of carbonyl (C=O) groups excluding carboxylic acids is 1. The van der Waals surface area contributed by atoms with Crippen molar-refractivity contribution in [3.63, 3.8) is 0 Å². The zero-order chi connectivity index (χ0) is 24.6. The van der Waals surface area contributed by atoms with Crippen molar-refractivity contribution in [2.45, 2.75) is 26.8 Å². The Hall–Kier alpha value is -3.64. The Morgan fingerprint density at radius 3 is 2.52 bits per heavy atom. The number of hydrogen-bond acceptors (Lipinski definition) is 5. The summed E-state index contributed by atoms with van der Waals surface area (Å²) in [5.74, 6) is 2.16. The normalized spacial score (nSPS) is 10.6. The van der Waals surface area contributed by atoms with Crippen LogP contribution in [-0.4, -0.2) is 37.6 Å². The molecule has 2 aromatic carbocycles. The van der Waals surface area contributed by atoms with Crippen LogP contribution in [0.2, 0.25) is 0 Å². The van der Waals surface area contributed by atoms with Gasteiger partial charge in [-0.05, 0) is 60.4 Å². The fourth-order valence-corrected chi connectivity index (χ4v) is 3.37. The SMILES string of the molecule is C=CC(=O)NCc1cc(-c2ccc(OC(F)(F)F)cc2)c(C)c(N(C)C#CC)c1NCCO. The minimum Gasteiger partial charge on any atom is -0.406 e. The van der Waals surface area contributed by atoms with Crippen molar-refractivity contribution in [2.75, 3.05) is 30.4 Å². The van der Waals surface area contributed by atoms with Gasteiger partial charge in [0.2, 0.25) is 5.91 Å². The second kappa shape index (κ2) is 11.3. The summed E-state index contributed by atoms with van der Waals surface area (Å²) in [5.41, 5.74) is 4.31. The lowest BCUT2D eigenvalue weighted by atomic mass is 9.94. The molecule has 0 bridgehead atoms. The number of alkyl halides is 3. The molecule has 2 rings (SSSR count). The molecule has 0 heterocycles. The second-order valence-corrected chi connectivity index (χ2v) is 7.00. The number of ether oxygens (including phenoxy) is 1. The van der Waals surface area contributed by atoms with Crippen LogP contribution in [0.5, 0.6) is 5.75 Å². The van der Waals surface area contributed by atoms with Crippen LogP contribution in [-0.2, 0) is 11.3 Å². The van der Waals surface area contributed by atoms with E-state index < -0.39 is 6.36 Å². The largest absolute Gasteiger partial charge is 0.573 e. The number of nitrogens with zero attached hydrogens (tertiary/aromatic N) is 1. The lowest BCUT2D eigenvalue weighted by Gasteiger charge is -2.25. The van der Waals surface area contributed by atoms with Gasteiger partial charge >= 0.3 is 6.36 Å². The predicted molar refractivity (Wildman–Crippen MR) is 123 cm³/mol. The number of carbonyl (C=O) groups is 1. The fourth-order valence-electron chi connectivity index (χ4n) is 3.37. The molecule has 2 aromatic rings. The van der Waals surface area contributed by atoms with Gasteiger partial charge in [-0.1, -0.05) is 24.6 Å². The Bertz CT molecular complexity index is 1060. The van der Waals surface area contributed by atoms with Crippen molar-refractivity contribution in [2.24, 2.45) is 0 Å². The third kappa shape index (κ3) is 6.92. The highest BCUT2D eigenvalue weighted by Gasteiger charge is 2.31. The first kappa shape index (κ1) is 25.6. The Morgan fingerprint density at radius 2 is 1.97 bits per heavy atom. The Balaban J connectivity index is 2.66. The minimum atomic E-state index is -4.78. The van der Waals surface area contributed by atoms with Crippen molar-refractivity contribution < 1.29 is 27.8 Å². The van der Waals surface area contributed by atoms with E-state index in [0.717, 1.165) is 17.2 Å². The van der Waals surface area contributed by atoms with E-state index in [4.69, 9.17) is 0 Å². The average molecular weight is 461 g/mol. The number of rotatable bonds is 9. The molecule has 3 N–H and O–H groups in total. The maximum atomic E-state index is 12.5. The lowest BCUT2D eigenvalue weighted by Crippen LogP contribution is -2.23. The maximum absolute atomic E-state index is 12.5. The lowest BCUT2D eigenvalue weighted by molar-refractivity contribution is -0.274. The first-order valence-corrected chi connectivity index (χ1v) is 10.0. The Labute approximate surface area is 191 Å². The standard InChI is InChI=1S/C24H26F3N3O3/c1-5-12-30(4)23-16(3)20(17-7-9-19(10-8-17)33-24(25,26)27)14-18(15-29-21(32)6-2)22(23)28-11-13-31/h6-10,14,28,31H,2,11,13,15H2,1,3-4H3,(H,29,32). The first-order valence-electron chi connectivity index (χ1n) is 10.0. The van der Waals surface area contributed by atoms with Gasteiger partial charge in [-0.15, -0.1) is 13.2 Å². The monoisotopic (exact) mass is 461 g/mol. The van der Waals surface area contributed by atoms with E-state index in [0.29, 0.717) is 22.5 Å². The van der Waals surface area contributed by atoms with Gasteiger partial charge in [0.15, 0.2) is 0 Å². The minimum absolute atomic E-state index is 0.109. The molecular weight excluding hydrogens is 435 g/mol. The number of aliphatic hydroxyl groups excluding tert-OH is 1. The molecule has 0 aliphatic carbocycles. The summed E-state index contributed by atoms with van der Waals surface area (Å²) in [6, 6.07) is 10.4. The number of amides is 1. The molecule has 1 amide bonds. The Kier molecular flexibility index (Phi) is 8.77. The third-order valence-electron chi connectivity index (χ3n) is 4.70. The summed E-state index contributed by atoms with van der Waals surface area (Å²) >= 11 is 0. The van der Waals surface area contributed by atoms with E-state index in [2.05, 4.69) is 33.9 Å². The van der Waals surface area contributed by atoms with Gasteiger partial charge in [0.05, 0.1) is 18.0 Å². The summed E-state index contributed by atoms with van der Waals surface area (Å²) in [5, 5.41) is 15.3. The van der Waals surface area contributed by atoms with Crippen molar-refractivity contribution in [1.29, 1.82) is 0 Å². The summed E-state index contributed by atoms with van der Waals surface area (Å²) in [7, 11) is 1.78. The average Bonchev–Trinajstić information content (AvgIpc) is 2.76. The molecule has 9 heteroatoms. The molecule has 0 atom stereocenters. The molecule has 0 aliphatic rings. The molecule has 6 nitrogen and oxygen atoms in total. The summed E-state index contributed by atoms with van der Waals surface area (Å²) in [6.07, 6.45) is -3.62. The topological polar surface area (TPSA) is 73.8 Å². The predicted octanol–water partition coefficient (Wildman–Crippen LogP) is 4.18. The zero-order valence-electron chi connectivity index (χ0n) is 18.6. The van der Waals surface area contributed by atoms with Gasteiger partial charge in [0.25, 0.3) is 0 Å². The van der Waals surface area contributed by atoms with Crippen LogP contribution in [0.25, 0.3) is 11.1 Å². The van der Waals surface area contributed by atoms with Gasteiger partial charge in [-0.3, -0.25) is 4.79 Å². The molecule has 0 saturated heterocycles. The van der Waals surface area contributed by atoms with E-state index in [1.54, 1.807) is 18.9 Å². The second-order valence-electron chi connectivity index (χ2n) is 7.00. The van der Waals surface area contributed by atoms with Crippen LogP contribution in [0.1, 0.15) is 18.1 Å². The molecule has 33 heavy (non-hydrogen) atoms. The molecule has 0 spiro atoms. The van der Waals surface area contributed by atoms with Crippen molar-refractivity contribution in [3.05, 3.63) is 54.1 Å². The van der Waals surface area contributed by atoms with Gasteiger partial charge in [0.1, 0.15) is 5.75 Å². The number of halogens is 3. The molecule has 0 aromatic heterocycles. The van der Waals surface area contributed by atoms with Crippen LogP contribution in [0.3, 0.4) is 0 Å². The molecule has 0 radical (unpaired) electrons. The quantitative estimate of drug-likeness (QED) is 0.297. The number of aliphatic hydroxyl groups is 1. The Morgan fingerprint density at radius 1 is 1.30 bits per heavy atom. The number of benzene rings is 2. The molecular formula is C24H26F3N3O3. The van der Waals surface area contributed by atoms with Crippen LogP contribution < -0.4 is 20.3 Å². The summed E-state index contributed by atoms with van der Waals surface area (Å²) in [6.45, 7) is 7.33. The van der Waals surface area contributed by atoms with E-state index >= 15 is 0 Å². The van der Waals surface area contributed by atoms with Gasteiger partial charge in [0, 0.05) is 26.2 Å². The van der Waals surface area contributed by atoms with E-state index in [-0.39, 0.29) is 31.4 Å². The van der Waals surface area contributed by atoms with Crippen molar-refractivity contribution in [3.8, 4) is 28.8 Å². The number of nitrogens with one attached hydrogen (secondary N) is 2. The van der Waals surface area contributed by atoms with Gasteiger partial charge in [-0.25, -0.2) is 0 Å². The van der Waals surface area contributed by atoms with Crippen LogP contribution in [0, 0.1) is 18.9 Å². The van der Waals surface area contributed by atoms with Crippen LogP contribution in [0.4, 0.5) is 24.5 Å². The number of anilines is 2. The highest BCUT2D eigenvalue weighted by atomic mass is 19.4. The maximum Gasteiger partial charge on any atom is 0.573 e. The highest BCUT2D eigenvalue weighted by molar-refractivity contribution is 5.89. The molecule has 0 fully saturated rings. The van der Waals surface area contributed by atoms with E-state index in [1.165, 1.54) is 24.3 Å². The molecule has 0 unspecified atom stereocenters. The van der Waals surface area contributed by atoms with Crippen molar-refractivity contribution >= 4 is 17.3 Å². The highest BCUT2D eigenvalue weighted by Crippen LogP contribution is 2.40. The fraction of sp³-hybridized carbons (Fsp3) is 0.292. The summed E-state index contributed by atoms with van der Waals surface area (Å²) < 4.78 is 41.5. The number of hydrogen-bond donors (Lipinski definition) is 3. The molecule has 176 valence electrons. The zero-order valence-corrected chi connectivity index (χ0v) is 18.6. The van der Waals surface area contributed by atoms with E-state index in [9.17, 15) is 23.1 Å². The summed E-state index contributed by atoms with van der Waals surface area (Å²) in [4.78, 5) is 13.5.